The maximum absolute atomic E-state index is 2.43. The van der Waals surface area contributed by atoms with Crippen molar-refractivity contribution < 1.29 is 0 Å². The van der Waals surface area contributed by atoms with Crippen molar-refractivity contribution in [3.05, 3.63) is 241 Å². The molecule has 55 heavy (non-hydrogen) atoms. The third-order valence-electron chi connectivity index (χ3n) is 11.6. The van der Waals surface area contributed by atoms with Crippen LogP contribution in [0.5, 0.6) is 0 Å². The summed E-state index contributed by atoms with van der Waals surface area (Å²) in [4.78, 5) is 2.43. The molecule has 0 radical (unpaired) electrons. The van der Waals surface area contributed by atoms with Crippen molar-refractivity contribution in [2.24, 2.45) is 0 Å². The van der Waals surface area contributed by atoms with Crippen LogP contribution in [0.3, 0.4) is 0 Å². The van der Waals surface area contributed by atoms with Gasteiger partial charge in [0.05, 0.1) is 16.4 Å². The summed E-state index contributed by atoms with van der Waals surface area (Å²) in [5.74, 6) is 0. The molecule has 0 saturated heterocycles. The number of aromatic nitrogens is 1. The van der Waals surface area contributed by atoms with Crippen LogP contribution in [-0.4, -0.2) is 4.57 Å². The molecule has 258 valence electrons. The van der Waals surface area contributed by atoms with Crippen LogP contribution in [0.2, 0.25) is 0 Å². The number of hydrogen-bond acceptors (Lipinski definition) is 1. The topological polar surface area (TPSA) is 8.17 Å². The Balaban J connectivity index is 1.16. The van der Waals surface area contributed by atoms with Crippen molar-refractivity contribution >= 4 is 49.6 Å². The molecule has 11 rings (SSSR count). The second-order valence-corrected chi connectivity index (χ2v) is 14.5. The van der Waals surface area contributed by atoms with E-state index in [0.717, 1.165) is 22.7 Å². The van der Waals surface area contributed by atoms with Gasteiger partial charge in [0.2, 0.25) is 0 Å². The zero-order valence-electron chi connectivity index (χ0n) is 30.2. The van der Waals surface area contributed by atoms with Gasteiger partial charge in [-0.1, -0.05) is 164 Å². The number of anilines is 3. The van der Waals surface area contributed by atoms with Crippen LogP contribution in [-0.2, 0) is 5.41 Å². The van der Waals surface area contributed by atoms with Crippen LogP contribution >= 0.6 is 0 Å². The predicted molar refractivity (Wildman–Crippen MR) is 230 cm³/mol. The van der Waals surface area contributed by atoms with Crippen molar-refractivity contribution in [1.82, 2.24) is 4.57 Å². The van der Waals surface area contributed by atoms with Gasteiger partial charge in [0.1, 0.15) is 0 Å². The van der Waals surface area contributed by atoms with Gasteiger partial charge < -0.3 is 9.47 Å². The summed E-state index contributed by atoms with van der Waals surface area (Å²) in [6.45, 7) is 0. The van der Waals surface area contributed by atoms with Gasteiger partial charge in [0, 0.05) is 33.5 Å². The van der Waals surface area contributed by atoms with Crippen LogP contribution in [0, 0.1) is 0 Å². The van der Waals surface area contributed by atoms with E-state index in [4.69, 9.17) is 0 Å². The molecule has 1 aliphatic carbocycles. The summed E-state index contributed by atoms with van der Waals surface area (Å²) in [6.07, 6.45) is 0. The van der Waals surface area contributed by atoms with Crippen molar-refractivity contribution in [1.29, 1.82) is 0 Å². The van der Waals surface area contributed by atoms with E-state index < -0.39 is 5.41 Å². The highest BCUT2D eigenvalue weighted by atomic mass is 15.1. The maximum atomic E-state index is 2.43. The fraction of sp³-hybridized carbons (Fsp3) is 0.0189. The van der Waals surface area contributed by atoms with Crippen LogP contribution in [0.15, 0.2) is 218 Å². The highest BCUT2D eigenvalue weighted by Crippen LogP contribution is 2.56. The first-order chi connectivity index (χ1) is 27.3. The van der Waals surface area contributed by atoms with E-state index in [9.17, 15) is 0 Å². The summed E-state index contributed by atoms with van der Waals surface area (Å²) >= 11 is 0. The Labute approximate surface area is 320 Å². The van der Waals surface area contributed by atoms with E-state index in [1.54, 1.807) is 0 Å². The highest BCUT2D eigenvalue weighted by Gasteiger charge is 2.46. The summed E-state index contributed by atoms with van der Waals surface area (Å²) in [6, 6.07) is 80.1. The summed E-state index contributed by atoms with van der Waals surface area (Å²) in [7, 11) is 0. The maximum Gasteiger partial charge on any atom is 0.0714 e. The smallest absolute Gasteiger partial charge is 0.0714 e. The van der Waals surface area contributed by atoms with E-state index in [0.29, 0.717) is 0 Å². The minimum Gasteiger partial charge on any atom is -0.310 e. The first kappa shape index (κ1) is 31.4. The minimum atomic E-state index is -0.496. The number of fused-ring (bicyclic) bond motifs is 7. The van der Waals surface area contributed by atoms with Crippen LogP contribution in [0.4, 0.5) is 17.1 Å². The largest absolute Gasteiger partial charge is 0.310 e. The quantitative estimate of drug-likeness (QED) is 0.168. The fourth-order valence-corrected chi connectivity index (χ4v) is 9.33. The molecule has 0 spiro atoms. The molecule has 0 unspecified atom stereocenters. The lowest BCUT2D eigenvalue weighted by Crippen LogP contribution is -2.28. The van der Waals surface area contributed by atoms with Gasteiger partial charge in [-0.05, 0) is 98.8 Å². The van der Waals surface area contributed by atoms with Gasteiger partial charge in [-0.25, -0.2) is 0 Å². The summed E-state index contributed by atoms with van der Waals surface area (Å²) < 4.78 is 2.40. The zero-order chi connectivity index (χ0) is 36.3. The molecule has 0 aliphatic heterocycles. The monoisotopic (exact) mass is 700 g/mol. The molecule has 10 aromatic rings. The molecule has 1 aromatic heterocycles. The lowest BCUT2D eigenvalue weighted by atomic mass is 9.67. The molecule has 1 aliphatic rings. The normalized spacial score (nSPS) is 12.9. The molecule has 1 heterocycles. The van der Waals surface area contributed by atoms with Gasteiger partial charge in [-0.3, -0.25) is 0 Å². The Morgan fingerprint density at radius 3 is 1.58 bits per heavy atom. The Hall–Kier alpha value is -7.16. The molecular formula is C53H36N2. The summed E-state index contributed by atoms with van der Waals surface area (Å²) in [5, 5.41) is 4.94. The van der Waals surface area contributed by atoms with Crippen LogP contribution in [0.25, 0.3) is 49.4 Å². The van der Waals surface area contributed by atoms with Gasteiger partial charge in [-0.15, -0.1) is 0 Å². The second kappa shape index (κ2) is 12.5. The molecular weight excluding hydrogens is 665 g/mol. The van der Waals surface area contributed by atoms with Crippen molar-refractivity contribution in [3.8, 4) is 16.8 Å². The highest BCUT2D eigenvalue weighted by molar-refractivity contribution is 6.09. The molecule has 0 amide bonds. The summed E-state index contributed by atoms with van der Waals surface area (Å²) in [5.41, 5.74) is 14.0. The third kappa shape index (κ3) is 4.75. The Kier molecular flexibility index (Phi) is 7.11. The Bertz CT molecular complexity index is 2960. The molecule has 0 atom stereocenters. The van der Waals surface area contributed by atoms with Crippen LogP contribution < -0.4 is 4.90 Å². The second-order valence-electron chi connectivity index (χ2n) is 14.5. The van der Waals surface area contributed by atoms with Gasteiger partial charge >= 0.3 is 0 Å². The number of benzene rings is 9. The minimum absolute atomic E-state index is 0.496. The lowest BCUT2D eigenvalue weighted by Gasteiger charge is -2.35. The van der Waals surface area contributed by atoms with Gasteiger partial charge in [0.15, 0.2) is 0 Å². The fourth-order valence-electron chi connectivity index (χ4n) is 9.33. The van der Waals surface area contributed by atoms with E-state index in [1.807, 2.05) is 0 Å². The molecule has 0 bridgehead atoms. The van der Waals surface area contributed by atoms with E-state index in [-0.39, 0.29) is 0 Å². The standard InChI is InChI=1S/C53H36N2/c1-2-18-39(19-3-1)53(49-28-10-6-24-45(49)46-25-7-11-29-50(46)53)40-20-14-21-41(35-40)54(44-33-32-37-16-4-5-17-38(37)34-44)42-22-15-23-43(36-42)55-51-30-12-8-26-47(51)48-27-9-13-31-52(48)55/h1-36H. The number of rotatable bonds is 6. The van der Waals surface area contributed by atoms with E-state index in [2.05, 4.69) is 228 Å². The van der Waals surface area contributed by atoms with Crippen molar-refractivity contribution in [2.45, 2.75) is 5.41 Å². The molecule has 0 saturated carbocycles. The molecule has 9 aromatic carbocycles. The zero-order valence-corrected chi connectivity index (χ0v) is 30.2. The van der Waals surface area contributed by atoms with Gasteiger partial charge in [0.25, 0.3) is 0 Å². The van der Waals surface area contributed by atoms with E-state index >= 15 is 0 Å². The number of hydrogen-bond donors (Lipinski definition) is 0. The third-order valence-corrected chi connectivity index (χ3v) is 11.6. The average Bonchev–Trinajstić information content (AvgIpc) is 3.75. The first-order valence-corrected chi connectivity index (χ1v) is 19.0. The molecule has 0 fully saturated rings. The van der Waals surface area contributed by atoms with Crippen molar-refractivity contribution in [2.75, 3.05) is 4.90 Å². The molecule has 2 heteroatoms. The Morgan fingerprint density at radius 2 is 0.873 bits per heavy atom. The lowest BCUT2D eigenvalue weighted by molar-refractivity contribution is 0.768. The first-order valence-electron chi connectivity index (χ1n) is 19.0. The van der Waals surface area contributed by atoms with Crippen LogP contribution in [0.1, 0.15) is 22.3 Å². The SMILES string of the molecule is c1ccc(C2(c3cccc(N(c4cccc(-n5c6ccccc6c6ccccc65)c4)c4ccc5ccccc5c4)c3)c3ccccc3-c3ccccc32)cc1. The van der Waals surface area contributed by atoms with Crippen molar-refractivity contribution in [3.63, 3.8) is 0 Å². The number of nitrogens with zero attached hydrogens (tertiary/aromatic N) is 2. The van der Waals surface area contributed by atoms with E-state index in [1.165, 1.54) is 66.0 Å². The molecule has 0 N–H and O–H groups in total. The average molecular weight is 701 g/mol. The molecule has 2 nitrogen and oxygen atoms in total. The number of para-hydroxylation sites is 2. The predicted octanol–water partition coefficient (Wildman–Crippen LogP) is 13.8. The Morgan fingerprint density at radius 1 is 0.345 bits per heavy atom. The van der Waals surface area contributed by atoms with Gasteiger partial charge in [-0.2, -0.15) is 0 Å².